The summed E-state index contributed by atoms with van der Waals surface area (Å²) in [4.78, 5) is 11.5. The molecule has 0 aliphatic carbocycles. The zero-order valence-electron chi connectivity index (χ0n) is 11.4. The second kappa shape index (κ2) is 7.54. The smallest absolute Gasteiger partial charge is 0.421 e. The molecule has 1 saturated heterocycles. The second-order valence-electron chi connectivity index (χ2n) is 4.98. The van der Waals surface area contributed by atoms with E-state index in [9.17, 15) is 4.79 Å². The first-order valence-electron chi connectivity index (χ1n) is 6.85. The predicted molar refractivity (Wildman–Crippen MR) is 68.5 cm³/mol. The van der Waals surface area contributed by atoms with Crippen molar-refractivity contribution in [2.75, 3.05) is 19.7 Å². The van der Waals surface area contributed by atoms with E-state index in [0.29, 0.717) is 12.5 Å². The average molecular weight is 242 g/mol. The van der Waals surface area contributed by atoms with E-state index in [0.717, 1.165) is 38.3 Å². The summed E-state index contributed by atoms with van der Waals surface area (Å²) < 4.78 is 5.08. The van der Waals surface area contributed by atoms with E-state index in [4.69, 9.17) is 4.74 Å². The molecule has 1 aliphatic rings. The van der Waals surface area contributed by atoms with Crippen molar-refractivity contribution in [3.63, 3.8) is 0 Å². The van der Waals surface area contributed by atoms with Crippen molar-refractivity contribution in [2.45, 2.75) is 46.5 Å². The molecule has 4 nitrogen and oxygen atoms in total. The number of carbonyl (C=O) groups is 1. The number of unbranched alkanes of at least 4 members (excludes halogenated alkanes) is 1. The molecule has 1 amide bonds. The first-order valence-corrected chi connectivity index (χ1v) is 6.85. The van der Waals surface area contributed by atoms with Crippen LogP contribution < -0.4 is 5.43 Å². The van der Waals surface area contributed by atoms with Crippen LogP contribution in [0.1, 0.15) is 46.5 Å². The maximum absolute atomic E-state index is 11.5. The summed E-state index contributed by atoms with van der Waals surface area (Å²) in [7, 11) is 0. The number of carbonyl (C=O) groups excluding carboxylic acids is 1. The van der Waals surface area contributed by atoms with Gasteiger partial charge in [-0.2, -0.15) is 0 Å². The van der Waals surface area contributed by atoms with Gasteiger partial charge < -0.3 is 4.74 Å². The lowest BCUT2D eigenvalue weighted by molar-refractivity contribution is 0.0615. The molecule has 4 heteroatoms. The van der Waals surface area contributed by atoms with Crippen molar-refractivity contribution in [1.29, 1.82) is 0 Å². The fourth-order valence-corrected chi connectivity index (χ4v) is 2.37. The average Bonchev–Trinajstić information content (AvgIpc) is 2.29. The van der Waals surface area contributed by atoms with Gasteiger partial charge in [-0.1, -0.05) is 33.6 Å². The standard InChI is InChI=1S/C13H26N2O2/c1-4-6-9-17-13(16)14-15-8-7-12(5-2)11(3)10-15/h11-12H,4-10H2,1-3H3,(H,14,16)/t11-,12-/m1/s1. The summed E-state index contributed by atoms with van der Waals surface area (Å²) in [5.41, 5.74) is 2.82. The normalized spacial score (nSPS) is 25.6. The molecular formula is C13H26N2O2. The number of hydrogen-bond donors (Lipinski definition) is 1. The highest BCUT2D eigenvalue weighted by Gasteiger charge is 2.25. The highest BCUT2D eigenvalue weighted by atomic mass is 16.6. The van der Waals surface area contributed by atoms with E-state index in [1.165, 1.54) is 6.42 Å². The molecule has 0 spiro atoms. The van der Waals surface area contributed by atoms with Crippen molar-refractivity contribution in [1.82, 2.24) is 10.4 Å². The zero-order valence-corrected chi connectivity index (χ0v) is 11.4. The molecule has 1 aliphatic heterocycles. The number of hydrazine groups is 1. The SMILES string of the molecule is CCCCOC(=O)NN1CC[C@@H](CC)[C@H](C)C1. The van der Waals surface area contributed by atoms with Gasteiger partial charge in [-0.25, -0.2) is 9.80 Å². The molecule has 1 heterocycles. The van der Waals surface area contributed by atoms with Crippen molar-refractivity contribution < 1.29 is 9.53 Å². The molecule has 0 saturated carbocycles. The number of nitrogens with one attached hydrogen (secondary N) is 1. The van der Waals surface area contributed by atoms with Crippen LogP contribution in [-0.2, 0) is 4.74 Å². The molecule has 2 atom stereocenters. The summed E-state index contributed by atoms with van der Waals surface area (Å²) in [5.74, 6) is 1.44. The third kappa shape index (κ3) is 4.94. The van der Waals surface area contributed by atoms with Crippen molar-refractivity contribution in [3.8, 4) is 0 Å². The summed E-state index contributed by atoms with van der Waals surface area (Å²) in [6, 6.07) is 0. The van der Waals surface area contributed by atoms with Gasteiger partial charge >= 0.3 is 6.09 Å². The molecule has 100 valence electrons. The van der Waals surface area contributed by atoms with Gasteiger partial charge in [0.15, 0.2) is 0 Å². The van der Waals surface area contributed by atoms with Gasteiger partial charge in [0.05, 0.1) is 6.61 Å². The Morgan fingerprint density at radius 3 is 2.82 bits per heavy atom. The minimum atomic E-state index is -0.305. The molecule has 0 aromatic heterocycles. The zero-order chi connectivity index (χ0) is 12.7. The first kappa shape index (κ1) is 14.3. The monoisotopic (exact) mass is 242 g/mol. The lowest BCUT2D eigenvalue weighted by Crippen LogP contribution is -2.49. The largest absolute Gasteiger partial charge is 0.449 e. The maximum Gasteiger partial charge on any atom is 0.421 e. The fourth-order valence-electron chi connectivity index (χ4n) is 2.37. The van der Waals surface area contributed by atoms with Gasteiger partial charge in [-0.3, -0.25) is 5.43 Å². The maximum atomic E-state index is 11.5. The van der Waals surface area contributed by atoms with Gasteiger partial charge in [-0.15, -0.1) is 0 Å². The summed E-state index contributed by atoms with van der Waals surface area (Å²) in [5, 5.41) is 1.99. The Kier molecular flexibility index (Phi) is 6.34. The molecule has 0 aromatic carbocycles. The molecule has 1 N–H and O–H groups in total. The van der Waals surface area contributed by atoms with Crippen LogP contribution in [0.3, 0.4) is 0 Å². The molecule has 17 heavy (non-hydrogen) atoms. The molecular weight excluding hydrogens is 216 g/mol. The Morgan fingerprint density at radius 2 is 2.24 bits per heavy atom. The van der Waals surface area contributed by atoms with Crippen LogP contribution in [0.15, 0.2) is 0 Å². The van der Waals surface area contributed by atoms with E-state index in [1.807, 2.05) is 5.01 Å². The Morgan fingerprint density at radius 1 is 1.47 bits per heavy atom. The second-order valence-corrected chi connectivity index (χ2v) is 4.98. The van der Waals surface area contributed by atoms with Crippen LogP contribution in [0.4, 0.5) is 4.79 Å². The third-order valence-corrected chi connectivity index (χ3v) is 3.59. The minimum Gasteiger partial charge on any atom is -0.449 e. The van der Waals surface area contributed by atoms with Gasteiger partial charge in [0.2, 0.25) is 0 Å². The number of piperidine rings is 1. The molecule has 0 bridgehead atoms. The molecule has 0 radical (unpaired) electrons. The molecule has 0 aromatic rings. The summed E-state index contributed by atoms with van der Waals surface area (Å²) in [6.45, 7) is 8.96. The molecule has 1 fully saturated rings. The van der Waals surface area contributed by atoms with Gasteiger partial charge in [0.1, 0.15) is 0 Å². The summed E-state index contributed by atoms with van der Waals surface area (Å²) in [6.07, 6.45) is 4.07. The van der Waals surface area contributed by atoms with E-state index < -0.39 is 0 Å². The highest BCUT2D eigenvalue weighted by molar-refractivity contribution is 5.66. The minimum absolute atomic E-state index is 0.305. The van der Waals surface area contributed by atoms with Gasteiger partial charge in [0, 0.05) is 13.1 Å². The van der Waals surface area contributed by atoms with Crippen molar-refractivity contribution in [3.05, 3.63) is 0 Å². The Hall–Kier alpha value is -0.770. The Balaban J connectivity index is 2.21. The summed E-state index contributed by atoms with van der Waals surface area (Å²) >= 11 is 0. The first-order chi connectivity index (χ1) is 8.17. The van der Waals surface area contributed by atoms with Crippen LogP contribution in [-0.4, -0.2) is 30.8 Å². The van der Waals surface area contributed by atoms with Gasteiger partial charge in [0.25, 0.3) is 0 Å². The quantitative estimate of drug-likeness (QED) is 0.754. The number of nitrogens with zero attached hydrogens (tertiary/aromatic N) is 1. The number of amides is 1. The van der Waals surface area contributed by atoms with Crippen LogP contribution in [0.25, 0.3) is 0 Å². The van der Waals surface area contributed by atoms with Crippen LogP contribution in [0.5, 0.6) is 0 Å². The number of rotatable bonds is 5. The van der Waals surface area contributed by atoms with E-state index in [-0.39, 0.29) is 6.09 Å². The van der Waals surface area contributed by atoms with Crippen molar-refractivity contribution >= 4 is 6.09 Å². The lowest BCUT2D eigenvalue weighted by Gasteiger charge is -2.36. The van der Waals surface area contributed by atoms with Crippen molar-refractivity contribution in [2.24, 2.45) is 11.8 Å². The van der Waals surface area contributed by atoms with Crippen LogP contribution >= 0.6 is 0 Å². The number of hydrogen-bond acceptors (Lipinski definition) is 3. The van der Waals surface area contributed by atoms with Crippen LogP contribution in [0, 0.1) is 11.8 Å². The fraction of sp³-hybridized carbons (Fsp3) is 0.923. The predicted octanol–water partition coefficient (Wildman–Crippen LogP) is 2.80. The third-order valence-electron chi connectivity index (χ3n) is 3.59. The molecule has 0 unspecified atom stereocenters. The Labute approximate surface area is 105 Å². The topological polar surface area (TPSA) is 41.6 Å². The van der Waals surface area contributed by atoms with Crippen LogP contribution in [0.2, 0.25) is 0 Å². The number of ether oxygens (including phenoxy) is 1. The van der Waals surface area contributed by atoms with Gasteiger partial charge in [-0.05, 0) is 24.7 Å². The Bertz CT molecular complexity index is 233. The van der Waals surface area contributed by atoms with E-state index in [2.05, 4.69) is 26.2 Å². The molecule has 1 rings (SSSR count). The van der Waals surface area contributed by atoms with E-state index >= 15 is 0 Å². The van der Waals surface area contributed by atoms with E-state index in [1.54, 1.807) is 0 Å². The lowest BCUT2D eigenvalue weighted by atomic mass is 9.86. The highest BCUT2D eigenvalue weighted by Crippen LogP contribution is 2.24.